The number of benzene rings is 3. The Morgan fingerprint density at radius 3 is 2.27 bits per heavy atom. The van der Waals surface area contributed by atoms with Crippen LogP contribution >= 0.6 is 0 Å². The second-order valence-electron chi connectivity index (χ2n) is 8.03. The van der Waals surface area contributed by atoms with Crippen LogP contribution < -0.4 is 19.9 Å². The molecule has 3 aromatic carbocycles. The van der Waals surface area contributed by atoms with Gasteiger partial charge in [-0.15, -0.1) is 0 Å². The average Bonchev–Trinajstić information content (AvgIpc) is 2.84. The molecule has 1 fully saturated rings. The highest BCUT2D eigenvalue weighted by Gasteiger charge is 2.22. The zero-order chi connectivity index (χ0) is 23.4. The molecule has 1 saturated heterocycles. The van der Waals surface area contributed by atoms with E-state index < -0.39 is 5.97 Å². The number of carboxylic acid groups (broad SMARTS) is 1. The molecule has 0 saturated carbocycles. The van der Waals surface area contributed by atoms with Crippen molar-refractivity contribution in [2.24, 2.45) is 0 Å². The van der Waals surface area contributed by atoms with Crippen molar-refractivity contribution in [1.82, 2.24) is 0 Å². The summed E-state index contributed by atoms with van der Waals surface area (Å²) in [7, 11) is 1.65. The van der Waals surface area contributed by atoms with Gasteiger partial charge in [0.05, 0.1) is 18.4 Å². The lowest BCUT2D eigenvalue weighted by Crippen LogP contribution is -2.47. The summed E-state index contributed by atoms with van der Waals surface area (Å²) in [4.78, 5) is 28.9. The van der Waals surface area contributed by atoms with Gasteiger partial charge in [0.15, 0.2) is 0 Å². The lowest BCUT2D eigenvalue weighted by molar-refractivity contribution is 0.0697. The predicted octanol–water partition coefficient (Wildman–Crippen LogP) is 4.28. The first kappa shape index (κ1) is 22.2. The van der Waals surface area contributed by atoms with Gasteiger partial charge in [0.2, 0.25) is 0 Å². The van der Waals surface area contributed by atoms with E-state index in [9.17, 15) is 14.7 Å². The van der Waals surface area contributed by atoms with Gasteiger partial charge in [0, 0.05) is 49.2 Å². The number of ether oxygens (including phenoxy) is 1. The largest absolute Gasteiger partial charge is 0.497 e. The molecule has 1 heterocycles. The summed E-state index contributed by atoms with van der Waals surface area (Å²) < 4.78 is 5.32. The molecule has 1 aliphatic rings. The van der Waals surface area contributed by atoms with Crippen molar-refractivity contribution >= 4 is 28.9 Å². The lowest BCUT2D eigenvalue weighted by Gasteiger charge is -2.38. The van der Waals surface area contributed by atoms with Crippen molar-refractivity contribution in [2.45, 2.75) is 6.92 Å². The molecule has 7 heteroatoms. The summed E-state index contributed by atoms with van der Waals surface area (Å²) in [6, 6.07) is 20.2. The van der Waals surface area contributed by atoms with Crippen LogP contribution in [-0.4, -0.2) is 50.3 Å². The molecule has 7 nitrogen and oxygen atoms in total. The van der Waals surface area contributed by atoms with E-state index in [0.717, 1.165) is 30.1 Å². The van der Waals surface area contributed by atoms with Gasteiger partial charge in [0.25, 0.3) is 5.91 Å². The van der Waals surface area contributed by atoms with Crippen LogP contribution in [0.4, 0.5) is 17.1 Å². The second-order valence-corrected chi connectivity index (χ2v) is 8.03. The fraction of sp³-hybridized carbons (Fsp3) is 0.231. The number of anilines is 3. The molecule has 0 unspecified atom stereocenters. The summed E-state index contributed by atoms with van der Waals surface area (Å²) in [5.41, 5.74) is 3.96. The highest BCUT2D eigenvalue weighted by Crippen LogP contribution is 2.28. The molecule has 3 aromatic rings. The number of amides is 1. The molecule has 0 radical (unpaired) electrons. The van der Waals surface area contributed by atoms with E-state index in [1.54, 1.807) is 31.4 Å². The molecule has 33 heavy (non-hydrogen) atoms. The Hall–Kier alpha value is -4.00. The molecule has 0 spiro atoms. The number of carboxylic acids is 1. The minimum atomic E-state index is -1.02. The molecule has 4 rings (SSSR count). The maximum Gasteiger partial charge on any atom is 0.337 e. The fourth-order valence-corrected chi connectivity index (χ4v) is 3.98. The Kier molecular flexibility index (Phi) is 6.49. The van der Waals surface area contributed by atoms with Gasteiger partial charge >= 0.3 is 5.97 Å². The lowest BCUT2D eigenvalue weighted by atomic mass is 10.1. The number of hydrogen-bond acceptors (Lipinski definition) is 5. The smallest absolute Gasteiger partial charge is 0.337 e. The number of carbonyl (C=O) groups is 2. The van der Waals surface area contributed by atoms with Gasteiger partial charge in [-0.25, -0.2) is 4.79 Å². The number of aryl methyl sites for hydroxylation is 1. The Balaban J connectivity index is 1.47. The van der Waals surface area contributed by atoms with Crippen LogP contribution in [0.1, 0.15) is 26.3 Å². The van der Waals surface area contributed by atoms with Crippen molar-refractivity contribution in [3.8, 4) is 5.75 Å². The van der Waals surface area contributed by atoms with E-state index in [1.807, 2.05) is 43.3 Å². The van der Waals surface area contributed by atoms with Crippen molar-refractivity contribution in [3.05, 3.63) is 83.4 Å². The van der Waals surface area contributed by atoms with Crippen LogP contribution in [0.25, 0.3) is 0 Å². The van der Waals surface area contributed by atoms with Crippen LogP contribution in [0.5, 0.6) is 5.75 Å². The number of carbonyl (C=O) groups excluding carboxylic acids is 1. The van der Waals surface area contributed by atoms with Gasteiger partial charge in [-0.05, 0) is 49.4 Å². The van der Waals surface area contributed by atoms with Gasteiger partial charge < -0.3 is 25.0 Å². The summed E-state index contributed by atoms with van der Waals surface area (Å²) in [6.07, 6.45) is 0. The van der Waals surface area contributed by atoms with Crippen LogP contribution in [0.3, 0.4) is 0 Å². The highest BCUT2D eigenvalue weighted by molar-refractivity contribution is 6.05. The number of hydrogen-bond donors (Lipinski definition) is 2. The van der Waals surface area contributed by atoms with Crippen LogP contribution in [0, 0.1) is 6.92 Å². The summed E-state index contributed by atoms with van der Waals surface area (Å²) in [5.74, 6) is -0.482. The molecule has 0 aliphatic carbocycles. The van der Waals surface area contributed by atoms with Crippen LogP contribution in [0.2, 0.25) is 0 Å². The zero-order valence-electron chi connectivity index (χ0n) is 18.7. The van der Waals surface area contributed by atoms with Crippen molar-refractivity contribution in [2.75, 3.05) is 48.4 Å². The first-order valence-electron chi connectivity index (χ1n) is 10.8. The van der Waals surface area contributed by atoms with Crippen LogP contribution in [-0.2, 0) is 0 Å². The molecule has 170 valence electrons. The third-order valence-electron chi connectivity index (χ3n) is 5.84. The van der Waals surface area contributed by atoms with Gasteiger partial charge in [-0.3, -0.25) is 4.79 Å². The Morgan fingerprint density at radius 1 is 0.909 bits per heavy atom. The van der Waals surface area contributed by atoms with E-state index in [1.165, 1.54) is 6.07 Å². The molecular weight excluding hydrogens is 418 g/mol. The van der Waals surface area contributed by atoms with E-state index in [-0.39, 0.29) is 11.5 Å². The Labute approximate surface area is 193 Å². The first-order chi connectivity index (χ1) is 15.9. The zero-order valence-corrected chi connectivity index (χ0v) is 18.7. The monoisotopic (exact) mass is 445 g/mol. The Bertz CT molecular complexity index is 1150. The van der Waals surface area contributed by atoms with Gasteiger partial charge in [0.1, 0.15) is 5.75 Å². The number of nitrogens with one attached hydrogen (secondary N) is 1. The van der Waals surface area contributed by atoms with Gasteiger partial charge in [-0.2, -0.15) is 0 Å². The summed E-state index contributed by atoms with van der Waals surface area (Å²) >= 11 is 0. The fourth-order valence-electron chi connectivity index (χ4n) is 3.98. The first-order valence-corrected chi connectivity index (χ1v) is 10.8. The van der Waals surface area contributed by atoms with E-state index in [0.29, 0.717) is 30.0 Å². The minimum Gasteiger partial charge on any atom is -0.497 e. The third kappa shape index (κ3) is 5.09. The summed E-state index contributed by atoms with van der Waals surface area (Å²) in [6.45, 7) is 4.85. The topological polar surface area (TPSA) is 82.1 Å². The van der Waals surface area contributed by atoms with E-state index in [2.05, 4.69) is 15.1 Å². The molecule has 1 aliphatic heterocycles. The number of methoxy groups -OCH3 is 1. The van der Waals surface area contributed by atoms with Crippen molar-refractivity contribution in [3.63, 3.8) is 0 Å². The molecule has 2 N–H and O–H groups in total. The summed E-state index contributed by atoms with van der Waals surface area (Å²) in [5, 5.41) is 12.6. The molecular formula is C26H27N3O4. The quantitative estimate of drug-likeness (QED) is 0.589. The maximum absolute atomic E-state index is 12.5. The van der Waals surface area contributed by atoms with E-state index in [4.69, 9.17) is 4.74 Å². The molecule has 0 bridgehead atoms. The minimum absolute atomic E-state index is 0.173. The Morgan fingerprint density at radius 2 is 1.61 bits per heavy atom. The average molecular weight is 446 g/mol. The predicted molar refractivity (Wildman–Crippen MR) is 130 cm³/mol. The van der Waals surface area contributed by atoms with E-state index >= 15 is 0 Å². The van der Waals surface area contributed by atoms with Crippen LogP contribution in [0.15, 0.2) is 66.7 Å². The number of aromatic carboxylic acids is 1. The van der Waals surface area contributed by atoms with Gasteiger partial charge in [-0.1, -0.05) is 23.8 Å². The molecule has 0 atom stereocenters. The van der Waals surface area contributed by atoms with Crippen molar-refractivity contribution in [1.29, 1.82) is 0 Å². The number of nitrogens with zero attached hydrogens (tertiary/aromatic N) is 2. The SMILES string of the molecule is COc1cccc(N2CCN(c3ccc(NC(=O)c4ccc(C)cc4)cc3C(=O)O)CC2)c1. The number of rotatable bonds is 6. The highest BCUT2D eigenvalue weighted by atomic mass is 16.5. The standard InChI is InChI=1S/C26H27N3O4/c1-18-6-8-19(9-7-18)25(30)27-20-10-11-24(23(16-20)26(31)32)29-14-12-28(13-15-29)21-4-3-5-22(17-21)33-2/h3-11,16-17H,12-15H2,1-2H3,(H,27,30)(H,31,32). The third-order valence-corrected chi connectivity index (χ3v) is 5.84. The maximum atomic E-state index is 12.5. The molecule has 0 aromatic heterocycles. The second kappa shape index (κ2) is 9.65. The molecule has 1 amide bonds. The normalized spacial score (nSPS) is 13.5. The van der Waals surface area contributed by atoms with Crippen molar-refractivity contribution < 1.29 is 19.4 Å². The number of piperazine rings is 1.